The van der Waals surface area contributed by atoms with E-state index in [-0.39, 0.29) is 6.03 Å². The number of likely N-dealkylation sites (N-methyl/N-ethyl adjacent to an activating group) is 1. The quantitative estimate of drug-likeness (QED) is 0.872. The minimum Gasteiger partial charge on any atom is -0.371 e. The van der Waals surface area contributed by atoms with Gasteiger partial charge in [-0.15, -0.1) is 0 Å². The minimum atomic E-state index is -0.0246. The van der Waals surface area contributed by atoms with Crippen LogP contribution in [0.2, 0.25) is 0 Å². The molecule has 0 aromatic heterocycles. The maximum Gasteiger partial charge on any atom is 0.314 e. The van der Waals surface area contributed by atoms with Gasteiger partial charge in [-0.2, -0.15) is 0 Å². The van der Waals surface area contributed by atoms with Gasteiger partial charge in [-0.05, 0) is 50.9 Å². The molecule has 1 aromatic carbocycles. The first-order chi connectivity index (χ1) is 11.2. The van der Waals surface area contributed by atoms with Crippen molar-refractivity contribution in [3.63, 3.8) is 0 Å². The fraction of sp³-hybridized carbons (Fsp3) is 0.611. The van der Waals surface area contributed by atoms with Crippen LogP contribution in [-0.2, 0) is 0 Å². The predicted molar refractivity (Wildman–Crippen MR) is 93.8 cm³/mol. The normalized spacial score (nSPS) is 24.8. The second-order valence-corrected chi connectivity index (χ2v) is 6.80. The van der Waals surface area contributed by atoms with Gasteiger partial charge in [-0.3, -0.25) is 0 Å². The van der Waals surface area contributed by atoms with Crippen LogP contribution in [0.25, 0.3) is 0 Å². The van der Waals surface area contributed by atoms with E-state index in [1.165, 1.54) is 18.5 Å². The second-order valence-electron chi connectivity index (χ2n) is 6.80. The number of hydrogen-bond acceptors (Lipinski definition) is 3. The third-order valence-corrected chi connectivity index (χ3v) is 5.13. The second kappa shape index (κ2) is 7.68. The first kappa shape index (κ1) is 16.1. The Bertz CT molecular complexity index is 507. The number of nitrogens with one attached hydrogen (secondary N) is 2. The monoisotopic (exact) mass is 316 g/mol. The van der Waals surface area contributed by atoms with Crippen molar-refractivity contribution in [2.24, 2.45) is 5.92 Å². The average molecular weight is 316 g/mol. The Hall–Kier alpha value is -1.75. The number of likely N-dealkylation sites (tertiary alicyclic amines) is 1. The molecule has 2 amide bonds. The summed E-state index contributed by atoms with van der Waals surface area (Å²) in [6.45, 7) is 4.75. The van der Waals surface area contributed by atoms with Gasteiger partial charge in [0.1, 0.15) is 0 Å². The Labute approximate surface area is 139 Å². The summed E-state index contributed by atoms with van der Waals surface area (Å²) in [7, 11) is 2.13. The van der Waals surface area contributed by atoms with Crippen molar-refractivity contribution in [1.82, 2.24) is 15.5 Å². The van der Waals surface area contributed by atoms with E-state index in [0.29, 0.717) is 12.0 Å². The molecule has 2 aliphatic heterocycles. The van der Waals surface area contributed by atoms with Gasteiger partial charge < -0.3 is 20.4 Å². The molecule has 0 spiro atoms. The average Bonchev–Trinajstić information content (AvgIpc) is 3.21. The molecule has 2 saturated heterocycles. The number of nitrogens with zero attached hydrogens (tertiary/aromatic N) is 2. The first-order valence-corrected chi connectivity index (χ1v) is 8.74. The molecule has 126 valence electrons. The number of rotatable bonds is 5. The highest BCUT2D eigenvalue weighted by Crippen LogP contribution is 2.22. The number of carbonyl (C=O) groups is 1. The van der Waals surface area contributed by atoms with Crippen LogP contribution in [0, 0.1) is 5.92 Å². The van der Waals surface area contributed by atoms with E-state index in [2.05, 4.69) is 51.7 Å². The third kappa shape index (κ3) is 4.38. The molecule has 5 nitrogen and oxygen atoms in total. The van der Waals surface area contributed by atoms with E-state index < -0.39 is 0 Å². The summed E-state index contributed by atoms with van der Waals surface area (Å²) in [5.41, 5.74) is 1.28. The molecular formula is C18H28N4O. The first-order valence-electron chi connectivity index (χ1n) is 8.74. The van der Waals surface area contributed by atoms with E-state index in [9.17, 15) is 4.79 Å². The van der Waals surface area contributed by atoms with Crippen LogP contribution in [0.3, 0.4) is 0 Å². The Balaban J connectivity index is 1.35. The molecule has 0 saturated carbocycles. The van der Waals surface area contributed by atoms with Crippen LogP contribution < -0.4 is 15.5 Å². The summed E-state index contributed by atoms with van der Waals surface area (Å²) in [5, 5.41) is 6.06. The Morgan fingerprint density at radius 2 is 1.91 bits per heavy atom. The summed E-state index contributed by atoms with van der Waals surface area (Å²) in [5.74, 6) is 0.537. The number of para-hydroxylation sites is 1. The lowest BCUT2D eigenvalue weighted by Crippen LogP contribution is -2.44. The van der Waals surface area contributed by atoms with E-state index in [1.807, 2.05) is 6.07 Å². The SMILES string of the molecule is CN1CCC[C@H]1CNC(=O)NC[C@H]1CCN(c2ccccc2)C1. The minimum absolute atomic E-state index is 0.0246. The summed E-state index contributed by atoms with van der Waals surface area (Å²) < 4.78 is 0. The van der Waals surface area contributed by atoms with Gasteiger partial charge in [0.25, 0.3) is 0 Å². The van der Waals surface area contributed by atoms with Crippen molar-refractivity contribution < 1.29 is 4.79 Å². The molecule has 2 fully saturated rings. The zero-order valence-corrected chi connectivity index (χ0v) is 14.0. The van der Waals surface area contributed by atoms with E-state index in [0.717, 1.165) is 39.1 Å². The Morgan fingerprint density at radius 3 is 2.65 bits per heavy atom. The molecule has 1 aromatic rings. The number of urea groups is 1. The number of carbonyl (C=O) groups excluding carboxylic acids is 1. The largest absolute Gasteiger partial charge is 0.371 e. The predicted octanol–water partition coefficient (Wildman–Crippen LogP) is 1.91. The molecule has 3 rings (SSSR count). The van der Waals surface area contributed by atoms with Crippen molar-refractivity contribution in [2.75, 3.05) is 44.7 Å². The van der Waals surface area contributed by atoms with Crippen LogP contribution in [0.4, 0.5) is 10.5 Å². The molecule has 0 radical (unpaired) electrons. The highest BCUT2D eigenvalue weighted by molar-refractivity contribution is 5.73. The van der Waals surface area contributed by atoms with Crippen LogP contribution in [-0.4, -0.2) is 56.7 Å². The molecule has 0 unspecified atom stereocenters. The van der Waals surface area contributed by atoms with Gasteiger partial charge in [0.05, 0.1) is 0 Å². The van der Waals surface area contributed by atoms with Crippen molar-refractivity contribution in [3.8, 4) is 0 Å². The standard InChI is InChI=1S/C18H28N4O/c1-21-10-5-8-17(21)13-20-18(23)19-12-15-9-11-22(14-15)16-6-3-2-4-7-16/h2-4,6-7,15,17H,5,8-14H2,1H3,(H2,19,20,23)/t15-,17+/m1/s1. The van der Waals surface area contributed by atoms with Crippen LogP contribution in [0.5, 0.6) is 0 Å². The van der Waals surface area contributed by atoms with Crippen molar-refractivity contribution in [3.05, 3.63) is 30.3 Å². The molecule has 2 atom stereocenters. The number of benzene rings is 1. The smallest absolute Gasteiger partial charge is 0.314 e. The summed E-state index contributed by atoms with van der Waals surface area (Å²) in [6.07, 6.45) is 3.56. The maximum atomic E-state index is 12.0. The number of anilines is 1. The van der Waals surface area contributed by atoms with Crippen LogP contribution in [0.1, 0.15) is 19.3 Å². The number of hydrogen-bond donors (Lipinski definition) is 2. The molecule has 0 bridgehead atoms. The van der Waals surface area contributed by atoms with Crippen molar-refractivity contribution >= 4 is 11.7 Å². The van der Waals surface area contributed by atoms with Crippen molar-refractivity contribution in [1.29, 1.82) is 0 Å². The van der Waals surface area contributed by atoms with E-state index >= 15 is 0 Å². The van der Waals surface area contributed by atoms with Gasteiger partial charge in [-0.1, -0.05) is 18.2 Å². The maximum absolute atomic E-state index is 12.0. The molecule has 2 heterocycles. The summed E-state index contributed by atoms with van der Waals surface area (Å²) in [6, 6.07) is 11.0. The molecule has 2 N–H and O–H groups in total. The summed E-state index contributed by atoms with van der Waals surface area (Å²) >= 11 is 0. The molecule has 0 aliphatic carbocycles. The fourth-order valence-corrected chi connectivity index (χ4v) is 3.62. The lowest BCUT2D eigenvalue weighted by atomic mass is 10.1. The fourth-order valence-electron chi connectivity index (χ4n) is 3.62. The van der Waals surface area contributed by atoms with E-state index in [4.69, 9.17) is 0 Å². The van der Waals surface area contributed by atoms with Crippen LogP contribution in [0.15, 0.2) is 30.3 Å². The summed E-state index contributed by atoms with van der Waals surface area (Å²) in [4.78, 5) is 16.7. The van der Waals surface area contributed by atoms with Gasteiger partial charge in [0.15, 0.2) is 0 Å². The lowest BCUT2D eigenvalue weighted by Gasteiger charge is -2.20. The van der Waals surface area contributed by atoms with Gasteiger partial charge in [0.2, 0.25) is 0 Å². The van der Waals surface area contributed by atoms with Gasteiger partial charge >= 0.3 is 6.03 Å². The lowest BCUT2D eigenvalue weighted by molar-refractivity contribution is 0.233. The van der Waals surface area contributed by atoms with Gasteiger partial charge in [-0.25, -0.2) is 4.79 Å². The van der Waals surface area contributed by atoms with Gasteiger partial charge in [0, 0.05) is 37.9 Å². The number of amides is 2. The van der Waals surface area contributed by atoms with Crippen LogP contribution >= 0.6 is 0 Å². The third-order valence-electron chi connectivity index (χ3n) is 5.13. The van der Waals surface area contributed by atoms with E-state index in [1.54, 1.807) is 0 Å². The molecule has 23 heavy (non-hydrogen) atoms. The Morgan fingerprint density at radius 1 is 1.13 bits per heavy atom. The molecule has 2 aliphatic rings. The highest BCUT2D eigenvalue weighted by atomic mass is 16.2. The highest BCUT2D eigenvalue weighted by Gasteiger charge is 2.24. The zero-order chi connectivity index (χ0) is 16.1. The Kier molecular flexibility index (Phi) is 5.39. The zero-order valence-electron chi connectivity index (χ0n) is 14.0. The topological polar surface area (TPSA) is 47.6 Å². The molecular weight excluding hydrogens is 288 g/mol. The molecule has 5 heteroatoms. The van der Waals surface area contributed by atoms with Crippen molar-refractivity contribution in [2.45, 2.75) is 25.3 Å².